The van der Waals surface area contributed by atoms with E-state index < -0.39 is 0 Å². The Balaban J connectivity index is 2.10. The van der Waals surface area contributed by atoms with E-state index in [0.29, 0.717) is 5.92 Å². The van der Waals surface area contributed by atoms with E-state index in [0.717, 1.165) is 31.5 Å². The molecule has 0 bridgehead atoms. The molecule has 0 unspecified atom stereocenters. The number of halogens is 1. The highest BCUT2D eigenvalue weighted by atomic mass is 19.1. The van der Waals surface area contributed by atoms with Crippen LogP contribution in [0.4, 0.5) is 4.39 Å². The van der Waals surface area contributed by atoms with Crippen LogP contribution in [0.3, 0.4) is 0 Å². The van der Waals surface area contributed by atoms with E-state index in [2.05, 4.69) is 11.4 Å². The van der Waals surface area contributed by atoms with Crippen LogP contribution < -0.4 is 5.32 Å². The first kappa shape index (κ1) is 8.70. The second-order valence-electron chi connectivity index (χ2n) is 3.49. The maximum absolute atomic E-state index is 12.6. The first-order chi connectivity index (χ1) is 6.36. The molecule has 13 heavy (non-hydrogen) atoms. The molecular weight excluding hydrogens is 165 g/mol. The van der Waals surface area contributed by atoms with Gasteiger partial charge in [-0.1, -0.05) is 6.07 Å². The van der Waals surface area contributed by atoms with Gasteiger partial charge in [-0.25, -0.2) is 4.39 Å². The van der Waals surface area contributed by atoms with Gasteiger partial charge in [0.2, 0.25) is 0 Å². The van der Waals surface area contributed by atoms with E-state index in [1.54, 1.807) is 0 Å². The fourth-order valence-corrected chi connectivity index (χ4v) is 1.80. The van der Waals surface area contributed by atoms with Crippen molar-refractivity contribution in [1.29, 1.82) is 0 Å². The molecule has 0 aromatic heterocycles. The minimum absolute atomic E-state index is 0.197. The quantitative estimate of drug-likeness (QED) is 0.694. The van der Waals surface area contributed by atoms with Gasteiger partial charge in [-0.3, -0.25) is 0 Å². The van der Waals surface area contributed by atoms with E-state index in [1.807, 2.05) is 6.07 Å². The summed E-state index contributed by atoms with van der Waals surface area (Å²) in [6, 6.07) is 7.81. The van der Waals surface area contributed by atoms with Crippen molar-refractivity contribution in [3.8, 4) is 0 Å². The number of hydrogen-bond donors (Lipinski definition) is 1. The average molecular weight is 178 g/mol. The topological polar surface area (TPSA) is 12.0 Å². The Morgan fingerprint density at radius 3 is 2.69 bits per heavy atom. The summed E-state index contributed by atoms with van der Waals surface area (Å²) in [6.07, 6.45) is 2.28. The summed E-state index contributed by atoms with van der Waals surface area (Å²) < 4.78 is 12.6. The Morgan fingerprint density at radius 1 is 1.31 bits per heavy atom. The summed E-state index contributed by atoms with van der Waals surface area (Å²) >= 11 is 0. The summed E-state index contributed by atoms with van der Waals surface area (Å²) in [4.78, 5) is 0. The van der Waals surface area contributed by atoms with Crippen molar-refractivity contribution < 1.29 is 4.39 Å². The highest BCUT2D eigenvalue weighted by Crippen LogP contribution is 2.24. The van der Waals surface area contributed by atoms with E-state index in [9.17, 15) is 4.39 Å². The highest BCUT2D eigenvalue weighted by Gasteiger charge is 2.14. The summed E-state index contributed by atoms with van der Waals surface area (Å²) in [6.45, 7) is 2.13. The van der Waals surface area contributed by atoms with Gasteiger partial charge in [-0.15, -0.1) is 0 Å². The Kier molecular flexibility index (Phi) is 2.60. The van der Waals surface area contributed by atoms with Gasteiger partial charge in [-0.05, 0) is 55.6 Å². The van der Waals surface area contributed by atoms with E-state index >= 15 is 0 Å². The number of nitrogens with one attached hydrogen (secondary N) is 1. The lowest BCUT2D eigenvalue weighted by Crippen LogP contribution is -2.26. The van der Waals surface area contributed by atoms with Crippen LogP contribution in [0, 0.1) is 11.9 Å². The average Bonchev–Trinajstić information content (AvgIpc) is 2.20. The lowest BCUT2D eigenvalue weighted by atomic mass is 9.90. The summed E-state index contributed by atoms with van der Waals surface area (Å²) in [5.74, 6) is 0.375. The molecule has 0 saturated carbocycles. The second-order valence-corrected chi connectivity index (χ2v) is 3.49. The Labute approximate surface area is 78.0 Å². The molecule has 69 valence electrons. The zero-order valence-corrected chi connectivity index (χ0v) is 7.52. The molecule has 1 nitrogen and oxygen atoms in total. The van der Waals surface area contributed by atoms with Crippen LogP contribution >= 0.6 is 0 Å². The monoisotopic (exact) mass is 178 g/mol. The molecule has 1 aliphatic heterocycles. The van der Waals surface area contributed by atoms with Gasteiger partial charge >= 0.3 is 0 Å². The van der Waals surface area contributed by atoms with Gasteiger partial charge < -0.3 is 5.32 Å². The highest BCUT2D eigenvalue weighted by molar-refractivity contribution is 5.19. The van der Waals surface area contributed by atoms with Crippen molar-refractivity contribution in [2.45, 2.75) is 18.8 Å². The minimum Gasteiger partial charge on any atom is -0.317 e. The molecule has 1 aromatic carbocycles. The normalized spacial score (nSPS) is 18.8. The van der Waals surface area contributed by atoms with Crippen LogP contribution in [0.5, 0.6) is 0 Å². The minimum atomic E-state index is -0.197. The third-order valence-corrected chi connectivity index (χ3v) is 2.58. The standard InChI is InChI=1S/C11H13FN/c12-11-3-1-9(2-4-11)10-5-7-13-8-6-10/h1,3-4,10,13H,5-8H2. The van der Waals surface area contributed by atoms with Crippen LogP contribution in [0.25, 0.3) is 0 Å². The third-order valence-electron chi connectivity index (χ3n) is 2.58. The zero-order valence-electron chi connectivity index (χ0n) is 7.52. The van der Waals surface area contributed by atoms with Crippen molar-refractivity contribution in [3.05, 3.63) is 35.6 Å². The molecule has 0 atom stereocenters. The van der Waals surface area contributed by atoms with Crippen molar-refractivity contribution in [2.24, 2.45) is 0 Å². The Bertz CT molecular complexity index is 262. The van der Waals surface area contributed by atoms with Crippen molar-refractivity contribution in [1.82, 2.24) is 5.32 Å². The number of hydrogen-bond acceptors (Lipinski definition) is 1. The van der Waals surface area contributed by atoms with Gasteiger partial charge in [0.1, 0.15) is 5.82 Å². The fourth-order valence-electron chi connectivity index (χ4n) is 1.80. The molecule has 0 aliphatic carbocycles. The molecule has 2 rings (SSSR count). The van der Waals surface area contributed by atoms with Gasteiger partial charge in [-0.2, -0.15) is 0 Å². The lowest BCUT2D eigenvalue weighted by molar-refractivity contribution is 0.459. The smallest absolute Gasteiger partial charge is 0.123 e. The van der Waals surface area contributed by atoms with E-state index in [1.165, 1.54) is 12.1 Å². The Hall–Kier alpha value is -0.890. The summed E-state index contributed by atoms with van der Waals surface area (Å²) in [5, 5.41) is 3.31. The second kappa shape index (κ2) is 3.88. The largest absolute Gasteiger partial charge is 0.317 e. The number of piperidine rings is 1. The van der Waals surface area contributed by atoms with Gasteiger partial charge in [0.25, 0.3) is 0 Å². The van der Waals surface area contributed by atoms with Crippen molar-refractivity contribution in [3.63, 3.8) is 0 Å². The molecule has 0 spiro atoms. The number of rotatable bonds is 1. The lowest BCUT2D eigenvalue weighted by Gasteiger charge is -2.22. The third kappa shape index (κ3) is 2.07. The molecule has 1 fully saturated rings. The van der Waals surface area contributed by atoms with E-state index in [4.69, 9.17) is 0 Å². The van der Waals surface area contributed by atoms with Crippen LogP contribution in [-0.4, -0.2) is 13.1 Å². The van der Waals surface area contributed by atoms with Gasteiger partial charge in [0.15, 0.2) is 0 Å². The number of benzene rings is 1. The first-order valence-corrected chi connectivity index (χ1v) is 4.74. The molecule has 2 heteroatoms. The van der Waals surface area contributed by atoms with Crippen molar-refractivity contribution in [2.75, 3.05) is 13.1 Å². The molecule has 1 heterocycles. The summed E-state index contributed by atoms with van der Waals surface area (Å²) in [7, 11) is 0. The maximum Gasteiger partial charge on any atom is 0.123 e. The van der Waals surface area contributed by atoms with Crippen LogP contribution in [-0.2, 0) is 0 Å². The molecule has 1 aromatic rings. The fraction of sp³-hybridized carbons (Fsp3) is 0.455. The molecule has 1 aliphatic rings. The van der Waals surface area contributed by atoms with Crippen LogP contribution in [0.2, 0.25) is 0 Å². The Morgan fingerprint density at radius 2 is 2.08 bits per heavy atom. The molecular formula is C11H13FN. The SMILES string of the molecule is Fc1c[c]c(C2CCNCC2)cc1. The first-order valence-electron chi connectivity index (χ1n) is 4.74. The van der Waals surface area contributed by atoms with Crippen LogP contribution in [0.15, 0.2) is 18.2 Å². The van der Waals surface area contributed by atoms with Crippen molar-refractivity contribution >= 4 is 0 Å². The molecule has 1 saturated heterocycles. The van der Waals surface area contributed by atoms with Gasteiger partial charge in [0.05, 0.1) is 0 Å². The predicted octanol–water partition coefficient (Wildman–Crippen LogP) is 2.09. The zero-order chi connectivity index (χ0) is 9.10. The van der Waals surface area contributed by atoms with E-state index in [-0.39, 0.29) is 5.82 Å². The van der Waals surface area contributed by atoms with Gasteiger partial charge in [0, 0.05) is 0 Å². The summed E-state index contributed by atoms with van der Waals surface area (Å²) in [5.41, 5.74) is 1.16. The molecule has 0 amide bonds. The van der Waals surface area contributed by atoms with Crippen LogP contribution in [0.1, 0.15) is 24.3 Å². The molecule has 1 N–H and O–H groups in total. The predicted molar refractivity (Wildman–Crippen MR) is 50.1 cm³/mol. The molecule has 1 radical (unpaired) electrons. The maximum atomic E-state index is 12.6.